The van der Waals surface area contributed by atoms with E-state index in [1.807, 2.05) is 69.9 Å². The van der Waals surface area contributed by atoms with Gasteiger partial charge in [0.1, 0.15) is 0 Å². The van der Waals surface area contributed by atoms with Gasteiger partial charge in [-0.25, -0.2) is 4.79 Å². The smallest absolute Gasteiger partial charge is 0.440 e. The summed E-state index contributed by atoms with van der Waals surface area (Å²) in [6.45, 7) is 10.5. The summed E-state index contributed by atoms with van der Waals surface area (Å²) in [4.78, 5) is 28.7. The summed E-state index contributed by atoms with van der Waals surface area (Å²) < 4.78 is 0. The van der Waals surface area contributed by atoms with Crippen molar-refractivity contribution in [2.24, 2.45) is 0 Å². The van der Waals surface area contributed by atoms with Crippen molar-refractivity contribution in [3.63, 3.8) is 0 Å². The molecular weight excluding hydrogens is 496 g/mol. The largest absolute Gasteiger partial charge is 2.00 e. The predicted octanol–water partition coefficient (Wildman–Crippen LogP) is 4.09. The van der Waals surface area contributed by atoms with Crippen molar-refractivity contribution >= 4 is 12.3 Å². The van der Waals surface area contributed by atoms with Crippen molar-refractivity contribution in [1.29, 1.82) is 0 Å². The molecule has 2 amide bonds. The minimum atomic E-state index is -0.825. The van der Waals surface area contributed by atoms with E-state index >= 15 is 0 Å². The molecular formula is C21H28N2O2W. The van der Waals surface area contributed by atoms with E-state index in [0.29, 0.717) is 18.5 Å². The SMILES string of the molecule is C[C-](C)C1=C([C-]=O)C(C)(c2ccccc2)N(C(=O)N(C)C(C)C)CC1.[W+2]. The number of rotatable bonds is 4. The van der Waals surface area contributed by atoms with E-state index in [1.54, 1.807) is 11.9 Å². The first-order chi connectivity index (χ1) is 11.7. The van der Waals surface area contributed by atoms with Gasteiger partial charge in [0, 0.05) is 19.6 Å². The molecule has 0 bridgehead atoms. The quantitative estimate of drug-likeness (QED) is 0.558. The maximum atomic E-state index is 13.2. The fourth-order valence-electron chi connectivity index (χ4n) is 3.42. The summed E-state index contributed by atoms with van der Waals surface area (Å²) >= 11 is 0. The second kappa shape index (κ2) is 8.90. The Bertz CT molecular complexity index is 670. The van der Waals surface area contributed by atoms with Gasteiger partial charge in [-0.3, -0.25) is 5.57 Å². The summed E-state index contributed by atoms with van der Waals surface area (Å²) in [5.74, 6) is 1.10. The van der Waals surface area contributed by atoms with Crippen molar-refractivity contribution in [3.8, 4) is 0 Å². The summed E-state index contributed by atoms with van der Waals surface area (Å²) in [5.41, 5.74) is 1.68. The molecule has 0 aliphatic carbocycles. The van der Waals surface area contributed by atoms with E-state index in [0.717, 1.165) is 17.1 Å². The van der Waals surface area contributed by atoms with Crippen LogP contribution in [-0.4, -0.2) is 41.8 Å². The van der Waals surface area contributed by atoms with Gasteiger partial charge in [0.15, 0.2) is 0 Å². The van der Waals surface area contributed by atoms with Gasteiger partial charge in [-0.2, -0.15) is 0 Å². The molecule has 0 fully saturated rings. The van der Waals surface area contributed by atoms with Crippen LogP contribution in [0.15, 0.2) is 41.5 Å². The number of amides is 2. The average Bonchev–Trinajstić information content (AvgIpc) is 2.60. The van der Waals surface area contributed by atoms with Crippen LogP contribution in [0.2, 0.25) is 0 Å². The molecule has 1 aromatic rings. The normalized spacial score (nSPS) is 19.9. The van der Waals surface area contributed by atoms with Gasteiger partial charge in [-0.1, -0.05) is 37.3 Å². The zero-order valence-electron chi connectivity index (χ0n) is 16.5. The minimum absolute atomic E-state index is 0. The number of carbonyl (C=O) groups is 1. The first-order valence-corrected chi connectivity index (χ1v) is 8.77. The Morgan fingerprint density at radius 3 is 2.31 bits per heavy atom. The molecule has 1 heterocycles. The van der Waals surface area contributed by atoms with Gasteiger partial charge in [0.05, 0.1) is 0 Å². The molecule has 4 nitrogen and oxygen atoms in total. The fourth-order valence-corrected chi connectivity index (χ4v) is 3.42. The Balaban J connectivity index is 0.00000338. The number of nitrogens with zero attached hydrogens (tertiary/aromatic N) is 2. The second-order valence-corrected chi connectivity index (χ2v) is 7.28. The van der Waals surface area contributed by atoms with Crippen LogP contribution in [-0.2, 0) is 31.4 Å². The molecule has 0 aromatic heterocycles. The van der Waals surface area contributed by atoms with Crippen LogP contribution < -0.4 is 0 Å². The third-order valence-electron chi connectivity index (χ3n) is 5.26. The number of hydrogen-bond acceptors (Lipinski definition) is 2. The minimum Gasteiger partial charge on any atom is -0.440 e. The molecule has 1 atom stereocenters. The van der Waals surface area contributed by atoms with Crippen LogP contribution >= 0.6 is 0 Å². The third-order valence-corrected chi connectivity index (χ3v) is 5.26. The zero-order chi connectivity index (χ0) is 18.8. The zero-order valence-corrected chi connectivity index (χ0v) is 19.4. The summed E-state index contributed by atoms with van der Waals surface area (Å²) in [6, 6.07) is 9.78. The first-order valence-electron chi connectivity index (χ1n) is 8.77. The number of urea groups is 1. The molecule has 0 saturated carbocycles. The Kier molecular flexibility index (Phi) is 7.70. The Morgan fingerprint density at radius 1 is 1.27 bits per heavy atom. The van der Waals surface area contributed by atoms with Crippen molar-refractivity contribution in [2.75, 3.05) is 13.6 Å². The molecule has 1 aliphatic heterocycles. The Labute approximate surface area is 171 Å². The Morgan fingerprint density at radius 2 is 1.85 bits per heavy atom. The van der Waals surface area contributed by atoms with Gasteiger partial charge < -0.3 is 26.1 Å². The standard InChI is InChI=1S/C21H28N2O2.W/c1-15(2)18-12-13-23(20(25)22(6)16(3)4)21(5,19(18)14-24)17-10-8-7-9-11-17;/h7-11,16H,12-13H2,1-6H3;/q-2;+2. The van der Waals surface area contributed by atoms with E-state index in [9.17, 15) is 9.59 Å². The van der Waals surface area contributed by atoms with Crippen molar-refractivity contribution < 1.29 is 30.7 Å². The molecule has 0 N–H and O–H groups in total. The van der Waals surface area contributed by atoms with Crippen molar-refractivity contribution in [2.45, 2.75) is 52.6 Å². The van der Waals surface area contributed by atoms with Crippen LogP contribution in [0, 0.1) is 5.92 Å². The first kappa shape index (κ1) is 22.5. The van der Waals surface area contributed by atoms with E-state index in [-0.39, 0.29) is 33.1 Å². The van der Waals surface area contributed by atoms with Crippen LogP contribution in [0.3, 0.4) is 0 Å². The topological polar surface area (TPSA) is 40.6 Å². The average molecular weight is 524 g/mol. The molecule has 140 valence electrons. The molecule has 1 unspecified atom stereocenters. The molecule has 2 rings (SSSR count). The maximum Gasteiger partial charge on any atom is 2.00 e. The van der Waals surface area contributed by atoms with E-state index in [4.69, 9.17) is 0 Å². The fraction of sp³-hybridized carbons (Fsp3) is 0.476. The second-order valence-electron chi connectivity index (χ2n) is 7.28. The van der Waals surface area contributed by atoms with Gasteiger partial charge in [0.25, 0.3) is 0 Å². The van der Waals surface area contributed by atoms with Crippen molar-refractivity contribution in [3.05, 3.63) is 53.0 Å². The predicted molar refractivity (Wildman–Crippen MR) is 101 cm³/mol. The number of benzene rings is 1. The molecule has 5 heteroatoms. The molecule has 1 aromatic carbocycles. The van der Waals surface area contributed by atoms with Crippen LogP contribution in [0.4, 0.5) is 4.79 Å². The number of hydrogen-bond donors (Lipinski definition) is 0. The van der Waals surface area contributed by atoms with Crippen LogP contribution in [0.1, 0.15) is 46.6 Å². The van der Waals surface area contributed by atoms with Crippen molar-refractivity contribution in [1.82, 2.24) is 9.80 Å². The van der Waals surface area contributed by atoms with E-state index in [1.165, 1.54) is 0 Å². The maximum absolute atomic E-state index is 13.2. The molecule has 0 radical (unpaired) electrons. The van der Waals surface area contributed by atoms with E-state index < -0.39 is 5.54 Å². The van der Waals surface area contributed by atoms with Crippen LogP contribution in [0.25, 0.3) is 0 Å². The summed E-state index contributed by atoms with van der Waals surface area (Å²) in [5, 5.41) is 0. The monoisotopic (exact) mass is 524 g/mol. The summed E-state index contributed by atoms with van der Waals surface area (Å²) in [7, 11) is 1.80. The van der Waals surface area contributed by atoms with E-state index in [2.05, 4.69) is 6.29 Å². The van der Waals surface area contributed by atoms with Gasteiger partial charge >= 0.3 is 27.1 Å². The van der Waals surface area contributed by atoms with Gasteiger partial charge in [-0.15, -0.1) is 26.6 Å². The Hall–Kier alpha value is -1.54. The molecule has 0 saturated heterocycles. The van der Waals surface area contributed by atoms with Crippen LogP contribution in [0.5, 0.6) is 0 Å². The number of carbonyl (C=O) groups excluding carboxylic acids is 2. The molecule has 26 heavy (non-hydrogen) atoms. The van der Waals surface area contributed by atoms with Gasteiger partial charge in [-0.05, 0) is 24.9 Å². The molecule has 1 aliphatic rings. The third kappa shape index (κ3) is 3.91. The van der Waals surface area contributed by atoms with Gasteiger partial charge in [0.2, 0.25) is 0 Å². The molecule has 0 spiro atoms. The summed E-state index contributed by atoms with van der Waals surface area (Å²) in [6.07, 6.45) is 2.85.